The van der Waals surface area contributed by atoms with E-state index >= 15 is 0 Å². The number of H-pyrrole nitrogens is 1. The molecule has 21 heavy (non-hydrogen) atoms. The topological polar surface area (TPSA) is 63.6 Å². The molecule has 0 unspecified atom stereocenters. The lowest BCUT2D eigenvalue weighted by atomic mass is 10.0. The lowest BCUT2D eigenvalue weighted by Crippen LogP contribution is -2.09. The van der Waals surface area contributed by atoms with Crippen LogP contribution >= 0.6 is 0 Å². The van der Waals surface area contributed by atoms with Gasteiger partial charge in [-0.1, -0.05) is 17.7 Å². The highest BCUT2D eigenvalue weighted by atomic mass is 16.1. The second-order valence-corrected chi connectivity index (χ2v) is 5.20. The largest absolute Gasteiger partial charge is 0.306 e. The zero-order chi connectivity index (χ0) is 15.0. The van der Waals surface area contributed by atoms with Crippen LogP contribution in [0.15, 0.2) is 41.5 Å². The fourth-order valence-electron chi connectivity index (χ4n) is 2.28. The van der Waals surface area contributed by atoms with E-state index in [1.54, 1.807) is 10.9 Å². The first-order valence-electron chi connectivity index (χ1n) is 6.71. The van der Waals surface area contributed by atoms with Gasteiger partial charge in [0.25, 0.3) is 5.56 Å². The SMILES string of the molecule is Cc1ccc(C)c(-c2nc(-c3cnn(C)c3)cc(=O)[nH]2)c1. The fraction of sp³-hybridized carbons (Fsp3) is 0.188. The first-order valence-corrected chi connectivity index (χ1v) is 6.71. The number of nitrogens with zero attached hydrogens (tertiary/aromatic N) is 3. The Labute approximate surface area is 122 Å². The molecule has 2 aromatic heterocycles. The quantitative estimate of drug-likeness (QED) is 0.784. The van der Waals surface area contributed by atoms with Crippen molar-refractivity contribution in [3.05, 3.63) is 58.1 Å². The second-order valence-electron chi connectivity index (χ2n) is 5.20. The van der Waals surface area contributed by atoms with E-state index < -0.39 is 0 Å². The Hall–Kier alpha value is -2.69. The first-order chi connectivity index (χ1) is 10.0. The summed E-state index contributed by atoms with van der Waals surface area (Å²) in [5.74, 6) is 0.586. The minimum absolute atomic E-state index is 0.167. The van der Waals surface area contributed by atoms with Crippen LogP contribution in [0.3, 0.4) is 0 Å². The van der Waals surface area contributed by atoms with Gasteiger partial charge >= 0.3 is 0 Å². The predicted molar refractivity (Wildman–Crippen MR) is 82.0 cm³/mol. The molecule has 0 bridgehead atoms. The molecule has 0 aliphatic heterocycles. The van der Waals surface area contributed by atoms with Gasteiger partial charge in [0.1, 0.15) is 5.82 Å². The monoisotopic (exact) mass is 280 g/mol. The van der Waals surface area contributed by atoms with Crippen LogP contribution in [-0.2, 0) is 7.05 Å². The second kappa shape index (κ2) is 5.01. The highest BCUT2D eigenvalue weighted by Gasteiger charge is 2.09. The molecule has 0 atom stereocenters. The van der Waals surface area contributed by atoms with Gasteiger partial charge in [0.15, 0.2) is 0 Å². The normalized spacial score (nSPS) is 10.8. The summed E-state index contributed by atoms with van der Waals surface area (Å²) in [7, 11) is 1.84. The van der Waals surface area contributed by atoms with Crippen molar-refractivity contribution in [3.8, 4) is 22.6 Å². The Balaban J connectivity index is 2.18. The van der Waals surface area contributed by atoms with Crippen molar-refractivity contribution in [3.63, 3.8) is 0 Å². The number of nitrogens with one attached hydrogen (secondary N) is 1. The zero-order valence-corrected chi connectivity index (χ0v) is 12.2. The molecule has 0 spiro atoms. The summed E-state index contributed by atoms with van der Waals surface area (Å²) in [6, 6.07) is 7.59. The number of rotatable bonds is 2. The van der Waals surface area contributed by atoms with Crippen LogP contribution in [0.4, 0.5) is 0 Å². The first kappa shape index (κ1) is 13.3. The van der Waals surface area contributed by atoms with Gasteiger partial charge in [-0.3, -0.25) is 9.48 Å². The summed E-state index contributed by atoms with van der Waals surface area (Å²) in [4.78, 5) is 19.3. The maximum atomic E-state index is 11.9. The minimum atomic E-state index is -0.167. The molecule has 3 aromatic rings. The Bertz CT molecular complexity index is 861. The lowest BCUT2D eigenvalue weighted by molar-refractivity contribution is 0.768. The summed E-state index contributed by atoms with van der Waals surface area (Å²) in [5.41, 5.74) is 4.44. The molecular formula is C16H16N4O. The lowest BCUT2D eigenvalue weighted by Gasteiger charge is -2.07. The molecule has 1 aromatic carbocycles. The van der Waals surface area contributed by atoms with Gasteiger partial charge in [-0.2, -0.15) is 5.10 Å². The molecule has 0 amide bonds. The van der Waals surface area contributed by atoms with Crippen LogP contribution in [0.5, 0.6) is 0 Å². The van der Waals surface area contributed by atoms with Crippen molar-refractivity contribution >= 4 is 0 Å². The summed E-state index contributed by atoms with van der Waals surface area (Å²) in [6.07, 6.45) is 3.54. The highest BCUT2D eigenvalue weighted by molar-refractivity contribution is 5.65. The summed E-state index contributed by atoms with van der Waals surface area (Å²) < 4.78 is 1.69. The number of aromatic nitrogens is 4. The number of aryl methyl sites for hydroxylation is 3. The van der Waals surface area contributed by atoms with E-state index in [1.807, 2.05) is 45.3 Å². The van der Waals surface area contributed by atoms with Crippen LogP contribution in [0.2, 0.25) is 0 Å². The molecule has 106 valence electrons. The van der Waals surface area contributed by atoms with Gasteiger partial charge in [0, 0.05) is 30.4 Å². The molecule has 0 aliphatic carbocycles. The van der Waals surface area contributed by atoms with Gasteiger partial charge < -0.3 is 4.98 Å². The molecule has 0 saturated heterocycles. The van der Waals surface area contributed by atoms with Crippen LogP contribution in [0.25, 0.3) is 22.6 Å². The molecule has 0 fully saturated rings. The molecule has 5 heteroatoms. The number of benzene rings is 1. The highest BCUT2D eigenvalue weighted by Crippen LogP contribution is 2.22. The Morgan fingerprint density at radius 3 is 2.71 bits per heavy atom. The molecule has 3 rings (SSSR count). The number of hydrogen-bond acceptors (Lipinski definition) is 3. The molecule has 2 heterocycles. The average Bonchev–Trinajstić information content (AvgIpc) is 2.87. The molecular weight excluding hydrogens is 264 g/mol. The van der Waals surface area contributed by atoms with E-state index in [9.17, 15) is 4.79 Å². The van der Waals surface area contributed by atoms with E-state index in [2.05, 4.69) is 15.1 Å². The van der Waals surface area contributed by atoms with Crippen molar-refractivity contribution in [2.24, 2.45) is 7.05 Å². The van der Waals surface area contributed by atoms with Crippen LogP contribution < -0.4 is 5.56 Å². The van der Waals surface area contributed by atoms with Crippen LogP contribution in [0, 0.1) is 13.8 Å². The summed E-state index contributed by atoms with van der Waals surface area (Å²) >= 11 is 0. The van der Waals surface area contributed by atoms with Crippen molar-refractivity contribution in [1.82, 2.24) is 19.7 Å². The predicted octanol–water partition coefficient (Wildman–Crippen LogP) is 2.45. The van der Waals surface area contributed by atoms with Gasteiger partial charge in [-0.05, 0) is 25.5 Å². The van der Waals surface area contributed by atoms with E-state index in [0.29, 0.717) is 11.5 Å². The molecule has 0 radical (unpaired) electrons. The standard InChI is InChI=1S/C16H16N4O/c1-10-4-5-11(2)13(6-10)16-18-14(7-15(21)19-16)12-8-17-20(3)9-12/h4-9H,1-3H3,(H,18,19,21). The van der Waals surface area contributed by atoms with Crippen molar-refractivity contribution in [2.75, 3.05) is 0 Å². The Morgan fingerprint density at radius 1 is 1.19 bits per heavy atom. The van der Waals surface area contributed by atoms with Crippen LogP contribution in [-0.4, -0.2) is 19.7 Å². The molecule has 0 saturated carbocycles. The van der Waals surface area contributed by atoms with Crippen molar-refractivity contribution in [2.45, 2.75) is 13.8 Å². The smallest absolute Gasteiger partial charge is 0.251 e. The molecule has 5 nitrogen and oxygen atoms in total. The average molecular weight is 280 g/mol. The Morgan fingerprint density at radius 2 is 2.00 bits per heavy atom. The van der Waals surface area contributed by atoms with Gasteiger partial charge in [0.2, 0.25) is 0 Å². The fourth-order valence-corrected chi connectivity index (χ4v) is 2.28. The van der Waals surface area contributed by atoms with Gasteiger partial charge in [0.05, 0.1) is 11.9 Å². The van der Waals surface area contributed by atoms with Crippen LogP contribution in [0.1, 0.15) is 11.1 Å². The summed E-state index contributed by atoms with van der Waals surface area (Å²) in [5, 5.41) is 4.12. The third kappa shape index (κ3) is 2.63. The van der Waals surface area contributed by atoms with Gasteiger partial charge in [-0.15, -0.1) is 0 Å². The third-order valence-corrected chi connectivity index (χ3v) is 3.39. The van der Waals surface area contributed by atoms with E-state index in [1.165, 1.54) is 6.07 Å². The Kier molecular flexibility index (Phi) is 3.17. The minimum Gasteiger partial charge on any atom is -0.306 e. The summed E-state index contributed by atoms with van der Waals surface area (Å²) in [6.45, 7) is 4.03. The van der Waals surface area contributed by atoms with E-state index in [-0.39, 0.29) is 5.56 Å². The third-order valence-electron chi connectivity index (χ3n) is 3.39. The van der Waals surface area contributed by atoms with Gasteiger partial charge in [-0.25, -0.2) is 4.98 Å². The van der Waals surface area contributed by atoms with E-state index in [0.717, 1.165) is 22.3 Å². The molecule has 1 N–H and O–H groups in total. The maximum absolute atomic E-state index is 11.9. The number of hydrogen-bond donors (Lipinski definition) is 1. The number of aromatic amines is 1. The molecule has 0 aliphatic rings. The van der Waals surface area contributed by atoms with Crippen molar-refractivity contribution < 1.29 is 0 Å². The maximum Gasteiger partial charge on any atom is 0.251 e. The zero-order valence-electron chi connectivity index (χ0n) is 12.2. The van der Waals surface area contributed by atoms with Crippen molar-refractivity contribution in [1.29, 1.82) is 0 Å². The van der Waals surface area contributed by atoms with E-state index in [4.69, 9.17) is 0 Å².